The first-order valence-electron chi connectivity index (χ1n) is 8.92. The van der Waals surface area contributed by atoms with E-state index >= 15 is 0 Å². The predicted octanol–water partition coefficient (Wildman–Crippen LogP) is 3.28. The van der Waals surface area contributed by atoms with E-state index in [-0.39, 0.29) is 17.2 Å². The minimum Gasteiger partial charge on any atom is -0.351 e. The number of carbonyl (C=O) groups is 2. The Labute approximate surface area is 147 Å². The smallest absolute Gasteiger partial charge is 0.251 e. The minimum atomic E-state index is -0.0734. The second kappa shape index (κ2) is 6.36. The molecule has 128 valence electrons. The molecule has 1 saturated carbocycles. The summed E-state index contributed by atoms with van der Waals surface area (Å²) in [5.41, 5.74) is 2.83. The summed E-state index contributed by atoms with van der Waals surface area (Å²) in [7, 11) is 0. The van der Waals surface area contributed by atoms with Gasteiger partial charge in [-0.3, -0.25) is 9.59 Å². The quantitative estimate of drug-likeness (QED) is 0.912. The Kier molecular flexibility index (Phi) is 4.04. The van der Waals surface area contributed by atoms with Crippen molar-refractivity contribution in [3.8, 4) is 0 Å². The molecule has 2 amide bonds. The summed E-state index contributed by atoms with van der Waals surface area (Å²) in [5, 5.41) is 3.09. The molecule has 2 aromatic carbocycles. The molecule has 2 aliphatic rings. The van der Waals surface area contributed by atoms with Crippen LogP contribution in [0.15, 0.2) is 54.6 Å². The van der Waals surface area contributed by atoms with Crippen LogP contribution < -0.4 is 10.2 Å². The van der Waals surface area contributed by atoms with Crippen molar-refractivity contribution in [1.82, 2.24) is 5.32 Å². The van der Waals surface area contributed by atoms with Crippen LogP contribution in [0.4, 0.5) is 5.69 Å². The Morgan fingerprint density at radius 1 is 1.08 bits per heavy atom. The maximum atomic E-state index is 12.6. The largest absolute Gasteiger partial charge is 0.351 e. The van der Waals surface area contributed by atoms with Gasteiger partial charge in [0.25, 0.3) is 5.91 Å². The molecule has 1 saturated heterocycles. The van der Waals surface area contributed by atoms with Crippen molar-refractivity contribution < 1.29 is 9.59 Å². The molecule has 0 spiro atoms. The molecule has 0 unspecified atom stereocenters. The van der Waals surface area contributed by atoms with Crippen LogP contribution in [-0.2, 0) is 10.2 Å². The third-order valence-corrected chi connectivity index (χ3v) is 5.32. The first-order valence-corrected chi connectivity index (χ1v) is 8.92. The first-order chi connectivity index (χ1) is 12.2. The van der Waals surface area contributed by atoms with E-state index < -0.39 is 0 Å². The summed E-state index contributed by atoms with van der Waals surface area (Å²) < 4.78 is 0. The number of amides is 2. The molecular weight excluding hydrogens is 312 g/mol. The summed E-state index contributed by atoms with van der Waals surface area (Å²) in [6.07, 6.45) is 3.70. The average Bonchev–Trinajstić information content (AvgIpc) is 3.34. The molecule has 4 nitrogen and oxygen atoms in total. The topological polar surface area (TPSA) is 49.4 Å². The number of rotatable bonds is 5. The number of nitrogens with one attached hydrogen (secondary N) is 1. The van der Waals surface area contributed by atoms with E-state index in [1.165, 1.54) is 5.56 Å². The predicted molar refractivity (Wildman–Crippen MR) is 97.7 cm³/mol. The number of hydrogen-bond acceptors (Lipinski definition) is 2. The summed E-state index contributed by atoms with van der Waals surface area (Å²) in [6, 6.07) is 17.8. The number of benzene rings is 2. The van der Waals surface area contributed by atoms with Gasteiger partial charge in [-0.25, -0.2) is 0 Å². The first kappa shape index (κ1) is 15.9. The standard InChI is InChI=1S/C21H22N2O2/c24-19-10-5-13-23(19)18-9-4-6-16(14-18)20(25)22-15-21(11-12-21)17-7-2-1-3-8-17/h1-4,6-9,14H,5,10-13,15H2,(H,22,25). The molecule has 1 N–H and O–H groups in total. The molecule has 2 aromatic rings. The van der Waals surface area contributed by atoms with Crippen LogP contribution in [0.3, 0.4) is 0 Å². The maximum absolute atomic E-state index is 12.6. The van der Waals surface area contributed by atoms with Crippen molar-refractivity contribution in [3.63, 3.8) is 0 Å². The fraction of sp³-hybridized carbons (Fsp3) is 0.333. The molecule has 2 fully saturated rings. The van der Waals surface area contributed by atoms with Crippen LogP contribution >= 0.6 is 0 Å². The lowest BCUT2D eigenvalue weighted by molar-refractivity contribution is -0.117. The highest BCUT2D eigenvalue weighted by Crippen LogP contribution is 2.47. The fourth-order valence-electron chi connectivity index (χ4n) is 3.60. The highest BCUT2D eigenvalue weighted by atomic mass is 16.2. The van der Waals surface area contributed by atoms with Crippen molar-refractivity contribution in [1.29, 1.82) is 0 Å². The molecular formula is C21H22N2O2. The lowest BCUT2D eigenvalue weighted by atomic mass is 9.96. The van der Waals surface area contributed by atoms with Gasteiger partial charge in [0.1, 0.15) is 0 Å². The van der Waals surface area contributed by atoms with Gasteiger partial charge >= 0.3 is 0 Å². The SMILES string of the molecule is O=C(NCC1(c2ccccc2)CC1)c1cccc(N2CCCC2=O)c1. The summed E-state index contributed by atoms with van der Waals surface area (Å²) in [5.74, 6) is 0.0641. The third kappa shape index (κ3) is 3.16. The molecule has 0 bridgehead atoms. The van der Waals surface area contributed by atoms with E-state index in [2.05, 4.69) is 17.4 Å². The summed E-state index contributed by atoms with van der Waals surface area (Å²) in [4.78, 5) is 26.3. The van der Waals surface area contributed by atoms with E-state index in [1.807, 2.05) is 42.5 Å². The molecule has 1 aliphatic heterocycles. The van der Waals surface area contributed by atoms with Crippen molar-refractivity contribution in [2.45, 2.75) is 31.1 Å². The normalized spacial score (nSPS) is 18.2. The Bertz CT molecular complexity index is 797. The second-order valence-corrected chi connectivity index (χ2v) is 7.03. The van der Waals surface area contributed by atoms with E-state index in [1.54, 1.807) is 4.90 Å². The molecule has 1 heterocycles. The number of hydrogen-bond donors (Lipinski definition) is 1. The van der Waals surface area contributed by atoms with E-state index in [4.69, 9.17) is 0 Å². The lowest BCUT2D eigenvalue weighted by Gasteiger charge is -2.18. The minimum absolute atomic E-state index is 0.0734. The van der Waals surface area contributed by atoms with Gasteiger partial charge in [0.2, 0.25) is 5.91 Å². The lowest BCUT2D eigenvalue weighted by Crippen LogP contribution is -2.32. The van der Waals surface area contributed by atoms with Crippen LogP contribution in [0.5, 0.6) is 0 Å². The average molecular weight is 334 g/mol. The van der Waals surface area contributed by atoms with Crippen molar-refractivity contribution >= 4 is 17.5 Å². The van der Waals surface area contributed by atoms with Crippen molar-refractivity contribution in [2.75, 3.05) is 18.0 Å². The highest BCUT2D eigenvalue weighted by Gasteiger charge is 2.44. The van der Waals surface area contributed by atoms with Crippen LogP contribution in [0.1, 0.15) is 41.6 Å². The molecule has 0 aromatic heterocycles. The zero-order valence-corrected chi connectivity index (χ0v) is 14.2. The van der Waals surface area contributed by atoms with Gasteiger partial charge in [0.15, 0.2) is 0 Å². The van der Waals surface area contributed by atoms with Crippen molar-refractivity contribution in [3.05, 3.63) is 65.7 Å². The zero-order chi connectivity index (χ0) is 17.3. The Morgan fingerprint density at radius 2 is 1.88 bits per heavy atom. The monoisotopic (exact) mass is 334 g/mol. The Hall–Kier alpha value is -2.62. The van der Waals surface area contributed by atoms with Crippen molar-refractivity contribution in [2.24, 2.45) is 0 Å². The van der Waals surface area contributed by atoms with Crippen LogP contribution in [0, 0.1) is 0 Å². The number of carbonyl (C=O) groups excluding carboxylic acids is 2. The Balaban J connectivity index is 1.44. The fourth-order valence-corrected chi connectivity index (χ4v) is 3.60. The van der Waals surface area contributed by atoms with Gasteiger partial charge < -0.3 is 10.2 Å². The number of nitrogens with zero attached hydrogens (tertiary/aromatic N) is 1. The molecule has 1 aliphatic carbocycles. The molecule has 25 heavy (non-hydrogen) atoms. The van der Waals surface area contributed by atoms with Crippen LogP contribution in [-0.4, -0.2) is 24.9 Å². The second-order valence-electron chi connectivity index (χ2n) is 7.03. The maximum Gasteiger partial charge on any atom is 0.251 e. The van der Waals surface area contributed by atoms with E-state index in [0.717, 1.165) is 31.5 Å². The molecule has 4 rings (SSSR count). The van der Waals surface area contributed by atoms with Gasteiger partial charge in [-0.2, -0.15) is 0 Å². The molecule has 0 radical (unpaired) electrons. The van der Waals surface area contributed by atoms with Gasteiger partial charge in [-0.15, -0.1) is 0 Å². The summed E-state index contributed by atoms with van der Waals surface area (Å²) >= 11 is 0. The zero-order valence-electron chi connectivity index (χ0n) is 14.2. The van der Waals surface area contributed by atoms with Gasteiger partial charge in [0, 0.05) is 36.2 Å². The van der Waals surface area contributed by atoms with Gasteiger partial charge in [-0.05, 0) is 43.0 Å². The van der Waals surface area contributed by atoms with E-state index in [0.29, 0.717) is 18.5 Å². The third-order valence-electron chi connectivity index (χ3n) is 5.32. The van der Waals surface area contributed by atoms with Gasteiger partial charge in [0.05, 0.1) is 0 Å². The van der Waals surface area contributed by atoms with Crippen LogP contribution in [0.25, 0.3) is 0 Å². The van der Waals surface area contributed by atoms with Crippen LogP contribution in [0.2, 0.25) is 0 Å². The highest BCUT2D eigenvalue weighted by molar-refractivity contribution is 5.99. The molecule has 4 heteroatoms. The Morgan fingerprint density at radius 3 is 2.56 bits per heavy atom. The van der Waals surface area contributed by atoms with Gasteiger partial charge in [-0.1, -0.05) is 36.4 Å². The summed E-state index contributed by atoms with van der Waals surface area (Å²) in [6.45, 7) is 1.39. The number of anilines is 1. The van der Waals surface area contributed by atoms with E-state index in [9.17, 15) is 9.59 Å². The molecule has 0 atom stereocenters.